The summed E-state index contributed by atoms with van der Waals surface area (Å²) in [5, 5.41) is 8.07. The Balaban J connectivity index is 3.35. The number of para-hydroxylation sites is 1. The highest BCUT2D eigenvalue weighted by atomic mass is 32.2. The maximum Gasteiger partial charge on any atom is 0.573 e. The fourth-order valence-corrected chi connectivity index (χ4v) is 2.32. The van der Waals surface area contributed by atoms with Crippen molar-refractivity contribution in [3.05, 3.63) is 34.7 Å². The first kappa shape index (κ1) is 17.0. The second kappa shape index (κ2) is 6.18. The van der Waals surface area contributed by atoms with Gasteiger partial charge in [-0.05, 0) is 26.0 Å². The molecular formula is C13H12F3NO3S. The zero-order valence-corrected chi connectivity index (χ0v) is 12.0. The average molecular weight is 319 g/mol. The van der Waals surface area contributed by atoms with Gasteiger partial charge in [-0.2, -0.15) is 5.26 Å². The minimum atomic E-state index is -4.91. The van der Waals surface area contributed by atoms with E-state index in [0.29, 0.717) is 0 Å². The predicted molar refractivity (Wildman–Crippen MR) is 70.8 cm³/mol. The van der Waals surface area contributed by atoms with E-state index >= 15 is 0 Å². The summed E-state index contributed by atoms with van der Waals surface area (Å²) in [4.78, 5) is -0.615. The Bertz CT molecular complexity index is 685. The van der Waals surface area contributed by atoms with Crippen LogP contribution < -0.4 is 4.74 Å². The molecule has 0 fully saturated rings. The molecule has 21 heavy (non-hydrogen) atoms. The van der Waals surface area contributed by atoms with Crippen LogP contribution in [0, 0.1) is 11.3 Å². The summed E-state index contributed by atoms with van der Waals surface area (Å²) in [6.45, 7) is 2.75. The lowest BCUT2D eigenvalue weighted by atomic mass is 10.2. The number of alkyl halides is 3. The first-order chi connectivity index (χ1) is 9.58. The molecule has 1 aromatic rings. The van der Waals surface area contributed by atoms with Crippen molar-refractivity contribution in [2.24, 2.45) is 0 Å². The number of benzene rings is 1. The smallest absolute Gasteiger partial charge is 0.405 e. The Morgan fingerprint density at radius 3 is 2.38 bits per heavy atom. The number of hydrogen-bond acceptors (Lipinski definition) is 4. The molecule has 4 nitrogen and oxygen atoms in total. The molecule has 0 aliphatic rings. The summed E-state index contributed by atoms with van der Waals surface area (Å²) in [5.74, 6) is -0.572. The van der Waals surface area contributed by atoms with Crippen molar-refractivity contribution in [1.29, 1.82) is 5.26 Å². The molecule has 0 unspecified atom stereocenters. The normalized spacial score (nSPS) is 13.1. The van der Waals surface area contributed by atoms with Crippen LogP contribution in [-0.2, 0) is 9.84 Å². The van der Waals surface area contributed by atoms with E-state index in [1.54, 1.807) is 0 Å². The molecule has 0 aliphatic carbocycles. The van der Waals surface area contributed by atoms with E-state index in [1.807, 2.05) is 0 Å². The number of rotatable bonds is 4. The second-order valence-electron chi connectivity index (χ2n) is 4.30. The molecule has 0 bridgehead atoms. The van der Waals surface area contributed by atoms with E-state index in [4.69, 9.17) is 5.26 Å². The second-order valence-corrected chi connectivity index (χ2v) is 6.77. The Morgan fingerprint density at radius 1 is 1.33 bits per heavy atom. The molecule has 0 radical (unpaired) electrons. The van der Waals surface area contributed by atoms with Crippen LogP contribution in [0.5, 0.6) is 5.75 Å². The third kappa shape index (κ3) is 4.49. The lowest BCUT2D eigenvalue weighted by Crippen LogP contribution is -2.18. The quantitative estimate of drug-likeness (QED) is 0.799. The minimum Gasteiger partial charge on any atom is -0.405 e. The van der Waals surface area contributed by atoms with Crippen LogP contribution in [0.2, 0.25) is 0 Å². The molecule has 0 heterocycles. The molecule has 0 aromatic heterocycles. The number of nitriles is 1. The van der Waals surface area contributed by atoms with Crippen LogP contribution in [0.3, 0.4) is 0 Å². The molecule has 0 saturated carbocycles. The summed E-state index contributed by atoms with van der Waals surface area (Å²) in [6, 6.07) is 6.48. The largest absolute Gasteiger partial charge is 0.573 e. The van der Waals surface area contributed by atoms with Gasteiger partial charge in [-0.1, -0.05) is 18.2 Å². The van der Waals surface area contributed by atoms with Gasteiger partial charge in [0.15, 0.2) is 9.84 Å². The molecule has 1 rings (SSSR count). The summed E-state index contributed by atoms with van der Waals surface area (Å²) < 4.78 is 64.4. The molecular weight excluding hydrogens is 307 g/mol. The molecule has 0 aliphatic heterocycles. The van der Waals surface area contributed by atoms with Crippen molar-refractivity contribution in [3.63, 3.8) is 0 Å². The van der Waals surface area contributed by atoms with Gasteiger partial charge in [0.1, 0.15) is 16.7 Å². The van der Waals surface area contributed by atoms with E-state index in [0.717, 1.165) is 12.1 Å². The lowest BCUT2D eigenvalue weighted by Gasteiger charge is -2.12. The molecule has 114 valence electrons. The fourth-order valence-electron chi connectivity index (χ4n) is 1.39. The SMILES string of the molecule is CC(C)S(=O)(=O)/C(C#N)=C/c1ccccc1OC(F)(F)F. The third-order valence-electron chi connectivity index (χ3n) is 2.47. The van der Waals surface area contributed by atoms with E-state index in [9.17, 15) is 21.6 Å². The maximum atomic E-state index is 12.3. The van der Waals surface area contributed by atoms with Gasteiger partial charge >= 0.3 is 6.36 Å². The molecule has 1 aromatic carbocycles. The van der Waals surface area contributed by atoms with E-state index in [1.165, 1.54) is 38.1 Å². The van der Waals surface area contributed by atoms with Gasteiger partial charge in [-0.25, -0.2) is 8.42 Å². The first-order valence-corrected chi connectivity index (χ1v) is 7.33. The number of halogens is 3. The topological polar surface area (TPSA) is 67.2 Å². The number of hydrogen-bond donors (Lipinski definition) is 0. The van der Waals surface area contributed by atoms with Crippen molar-refractivity contribution in [3.8, 4) is 11.8 Å². The Labute approximate surface area is 120 Å². The monoisotopic (exact) mass is 319 g/mol. The number of allylic oxidation sites excluding steroid dienone is 1. The molecule has 0 spiro atoms. The van der Waals surface area contributed by atoms with Gasteiger partial charge in [0.2, 0.25) is 0 Å². The van der Waals surface area contributed by atoms with Gasteiger partial charge in [-0.15, -0.1) is 13.2 Å². The number of sulfone groups is 1. The maximum absolute atomic E-state index is 12.3. The van der Waals surface area contributed by atoms with E-state index in [2.05, 4.69) is 4.74 Å². The predicted octanol–water partition coefficient (Wildman–Crippen LogP) is 3.27. The van der Waals surface area contributed by atoms with Gasteiger partial charge in [-0.3, -0.25) is 0 Å². The zero-order chi connectivity index (χ0) is 16.3. The zero-order valence-electron chi connectivity index (χ0n) is 11.2. The summed E-state index contributed by atoms with van der Waals surface area (Å²) in [5.41, 5.74) is -0.143. The van der Waals surface area contributed by atoms with Crippen LogP contribution >= 0.6 is 0 Å². The molecule has 0 atom stereocenters. The molecule has 8 heteroatoms. The van der Waals surface area contributed by atoms with Crippen molar-refractivity contribution in [2.75, 3.05) is 0 Å². The standard InChI is InChI=1S/C13H12F3NO3S/c1-9(2)21(18,19)11(8-17)7-10-5-3-4-6-12(10)20-13(14,15)16/h3-7,9H,1-2H3/b11-7+. The Morgan fingerprint density at radius 2 is 1.90 bits per heavy atom. The van der Waals surface area contributed by atoms with Gasteiger partial charge < -0.3 is 4.74 Å². The molecule has 0 amide bonds. The highest BCUT2D eigenvalue weighted by molar-refractivity contribution is 7.96. The third-order valence-corrected chi connectivity index (χ3v) is 4.53. The van der Waals surface area contributed by atoms with Crippen LogP contribution in [0.1, 0.15) is 19.4 Å². The van der Waals surface area contributed by atoms with Crippen LogP contribution in [0.25, 0.3) is 6.08 Å². The fraction of sp³-hybridized carbons (Fsp3) is 0.308. The Kier molecular flexibility index (Phi) is 5.01. The number of nitrogens with zero attached hydrogens (tertiary/aromatic N) is 1. The van der Waals surface area contributed by atoms with Gasteiger partial charge in [0.25, 0.3) is 0 Å². The summed E-state index contributed by atoms with van der Waals surface area (Å²) in [7, 11) is -3.88. The van der Waals surface area contributed by atoms with E-state index < -0.39 is 32.1 Å². The van der Waals surface area contributed by atoms with Crippen LogP contribution in [0.15, 0.2) is 29.2 Å². The summed E-state index contributed by atoms with van der Waals surface area (Å²) >= 11 is 0. The Hall–Kier alpha value is -2.01. The molecule has 0 N–H and O–H groups in total. The van der Waals surface area contributed by atoms with Gasteiger partial charge in [0, 0.05) is 5.56 Å². The van der Waals surface area contributed by atoms with Crippen molar-refractivity contribution in [2.45, 2.75) is 25.5 Å². The van der Waals surface area contributed by atoms with Crippen molar-refractivity contribution in [1.82, 2.24) is 0 Å². The lowest BCUT2D eigenvalue weighted by molar-refractivity contribution is -0.274. The van der Waals surface area contributed by atoms with E-state index in [-0.39, 0.29) is 5.56 Å². The van der Waals surface area contributed by atoms with Crippen LogP contribution in [0.4, 0.5) is 13.2 Å². The first-order valence-electron chi connectivity index (χ1n) is 5.78. The minimum absolute atomic E-state index is 0.143. The van der Waals surface area contributed by atoms with Crippen LogP contribution in [-0.4, -0.2) is 20.0 Å². The van der Waals surface area contributed by atoms with Gasteiger partial charge in [0.05, 0.1) is 5.25 Å². The van der Waals surface area contributed by atoms with Crippen molar-refractivity contribution < 1.29 is 26.3 Å². The average Bonchev–Trinajstić information content (AvgIpc) is 2.35. The summed E-state index contributed by atoms with van der Waals surface area (Å²) in [6.07, 6.45) is -4.04. The highest BCUT2D eigenvalue weighted by Crippen LogP contribution is 2.28. The van der Waals surface area contributed by atoms with Crippen molar-refractivity contribution >= 4 is 15.9 Å². The molecule has 0 saturated heterocycles. The highest BCUT2D eigenvalue weighted by Gasteiger charge is 2.32. The number of ether oxygens (including phenoxy) is 1.